The van der Waals surface area contributed by atoms with Crippen molar-refractivity contribution in [2.45, 2.75) is 117 Å². The van der Waals surface area contributed by atoms with Crippen LogP contribution in [-0.2, 0) is 4.79 Å². The predicted molar refractivity (Wildman–Crippen MR) is 109 cm³/mol. The van der Waals surface area contributed by atoms with Gasteiger partial charge in [0, 0.05) is 13.0 Å². The van der Waals surface area contributed by atoms with Crippen molar-refractivity contribution >= 4 is 5.97 Å². The van der Waals surface area contributed by atoms with Crippen molar-refractivity contribution in [2.75, 3.05) is 6.61 Å². The topological polar surface area (TPSA) is 57.5 Å². The van der Waals surface area contributed by atoms with Gasteiger partial charge in [0.2, 0.25) is 0 Å². The van der Waals surface area contributed by atoms with E-state index < -0.39 is 5.97 Å². The van der Waals surface area contributed by atoms with Crippen LogP contribution in [0.25, 0.3) is 0 Å². The third-order valence-electron chi connectivity index (χ3n) is 4.31. The summed E-state index contributed by atoms with van der Waals surface area (Å²) in [6, 6.07) is 0. The molecule has 0 saturated carbocycles. The quantitative estimate of drug-likeness (QED) is 0.282. The summed E-state index contributed by atoms with van der Waals surface area (Å²) in [5, 5.41) is 16.6. The predicted octanol–water partition coefficient (Wildman–Crippen LogP) is 6.78. The largest absolute Gasteiger partial charge is 0.481 e. The first-order chi connectivity index (χ1) is 12.0. The number of aliphatic carboxylic acids is 1. The highest BCUT2D eigenvalue weighted by molar-refractivity contribution is 5.66. The summed E-state index contributed by atoms with van der Waals surface area (Å²) in [4.78, 5) is 10.3. The maximum absolute atomic E-state index is 10.3. The normalized spacial score (nSPS) is 10.6. The van der Waals surface area contributed by atoms with Crippen LogP contribution in [0.2, 0.25) is 0 Å². The molecule has 0 bridgehead atoms. The molecule has 1 unspecified atom stereocenters. The molecule has 0 spiro atoms. The van der Waals surface area contributed by atoms with Gasteiger partial charge in [0.05, 0.1) is 0 Å². The molecule has 1 atom stereocenters. The van der Waals surface area contributed by atoms with Crippen LogP contribution in [0.5, 0.6) is 0 Å². The van der Waals surface area contributed by atoms with E-state index in [1.807, 2.05) is 6.92 Å². The SMILES string of the molecule is CCCCCCCCCCCCCCCCCC(=O)O.[CH2]C(C)CO. The van der Waals surface area contributed by atoms with E-state index in [1.165, 1.54) is 83.5 Å². The Hall–Kier alpha value is -0.570. The average molecular weight is 358 g/mol. The molecule has 0 saturated heterocycles. The van der Waals surface area contributed by atoms with Crippen LogP contribution in [-0.4, -0.2) is 22.8 Å². The maximum atomic E-state index is 10.3. The molecule has 0 amide bonds. The second-order valence-corrected chi connectivity index (χ2v) is 7.38. The highest BCUT2D eigenvalue weighted by Crippen LogP contribution is 2.13. The number of carbonyl (C=O) groups is 1. The Balaban J connectivity index is 0. The van der Waals surface area contributed by atoms with Gasteiger partial charge in [0.1, 0.15) is 0 Å². The Morgan fingerprint density at radius 3 is 1.28 bits per heavy atom. The third kappa shape index (κ3) is 31.7. The minimum atomic E-state index is -0.653. The second-order valence-electron chi connectivity index (χ2n) is 7.38. The number of carboxylic acids is 1. The van der Waals surface area contributed by atoms with Gasteiger partial charge in [-0.2, -0.15) is 0 Å². The maximum Gasteiger partial charge on any atom is 0.303 e. The van der Waals surface area contributed by atoms with E-state index in [9.17, 15) is 4.79 Å². The minimum absolute atomic E-state index is 0.190. The van der Waals surface area contributed by atoms with Gasteiger partial charge >= 0.3 is 5.97 Å². The van der Waals surface area contributed by atoms with Gasteiger partial charge in [-0.15, -0.1) is 0 Å². The van der Waals surface area contributed by atoms with E-state index in [-0.39, 0.29) is 12.5 Å². The number of aliphatic hydroxyl groups is 1. The first kappa shape index (κ1) is 26.7. The highest BCUT2D eigenvalue weighted by atomic mass is 16.4. The molecule has 0 aliphatic rings. The van der Waals surface area contributed by atoms with Gasteiger partial charge in [-0.3, -0.25) is 4.79 Å². The van der Waals surface area contributed by atoms with Gasteiger partial charge < -0.3 is 10.2 Å². The fourth-order valence-corrected chi connectivity index (χ4v) is 2.65. The summed E-state index contributed by atoms with van der Waals surface area (Å²) in [5.74, 6) is -0.463. The number of carboxylic acid groups (broad SMARTS) is 1. The lowest BCUT2D eigenvalue weighted by molar-refractivity contribution is -0.137. The van der Waals surface area contributed by atoms with Crippen molar-refractivity contribution in [1.82, 2.24) is 0 Å². The molecule has 0 aliphatic carbocycles. The summed E-state index contributed by atoms with van der Waals surface area (Å²) < 4.78 is 0. The van der Waals surface area contributed by atoms with Crippen molar-refractivity contribution in [3.8, 4) is 0 Å². The van der Waals surface area contributed by atoms with Gasteiger partial charge in [-0.25, -0.2) is 0 Å². The van der Waals surface area contributed by atoms with Crippen LogP contribution in [0.15, 0.2) is 0 Å². The summed E-state index contributed by atoms with van der Waals surface area (Å²) in [5.41, 5.74) is 0. The Labute approximate surface area is 157 Å². The zero-order valence-corrected chi connectivity index (χ0v) is 17.1. The van der Waals surface area contributed by atoms with E-state index in [0.717, 1.165) is 12.8 Å². The summed E-state index contributed by atoms with van der Waals surface area (Å²) in [6.45, 7) is 7.83. The summed E-state index contributed by atoms with van der Waals surface area (Å²) >= 11 is 0. The van der Waals surface area contributed by atoms with E-state index in [0.29, 0.717) is 6.42 Å². The fourth-order valence-electron chi connectivity index (χ4n) is 2.65. The first-order valence-electron chi connectivity index (χ1n) is 10.7. The Kier molecular flexibility index (Phi) is 25.0. The Bertz CT molecular complexity index is 252. The zero-order chi connectivity index (χ0) is 19.2. The molecule has 151 valence electrons. The third-order valence-corrected chi connectivity index (χ3v) is 4.31. The molecule has 3 heteroatoms. The van der Waals surface area contributed by atoms with Gasteiger partial charge in [0.25, 0.3) is 0 Å². The molecular formula is C22H45O3. The number of aliphatic hydroxyl groups excluding tert-OH is 1. The standard InChI is InChI=1S/C18H36O2.C4H9O/c1-2-3-4-5-6-7-8-9-10-11-12-13-14-15-16-17-18(19)20;1-4(2)3-5/h2-17H2,1H3,(H,19,20);4-5H,1,3H2,2H3. The zero-order valence-electron chi connectivity index (χ0n) is 17.1. The van der Waals surface area contributed by atoms with Crippen molar-refractivity contribution in [3.05, 3.63) is 6.92 Å². The molecule has 0 aliphatic heterocycles. The van der Waals surface area contributed by atoms with E-state index in [2.05, 4.69) is 13.8 Å². The lowest BCUT2D eigenvalue weighted by Crippen LogP contribution is -1.93. The molecule has 0 aromatic carbocycles. The molecule has 0 aromatic rings. The smallest absolute Gasteiger partial charge is 0.303 e. The molecular weight excluding hydrogens is 312 g/mol. The fraction of sp³-hybridized carbons (Fsp3) is 0.909. The lowest BCUT2D eigenvalue weighted by atomic mass is 10.0. The van der Waals surface area contributed by atoms with Crippen LogP contribution in [0.1, 0.15) is 117 Å². The van der Waals surface area contributed by atoms with E-state index in [1.54, 1.807) is 0 Å². The minimum Gasteiger partial charge on any atom is -0.481 e. The monoisotopic (exact) mass is 357 g/mol. The Morgan fingerprint density at radius 1 is 0.760 bits per heavy atom. The average Bonchev–Trinajstić information content (AvgIpc) is 2.58. The number of rotatable bonds is 17. The van der Waals surface area contributed by atoms with Crippen LogP contribution >= 0.6 is 0 Å². The molecule has 0 fully saturated rings. The molecule has 3 nitrogen and oxygen atoms in total. The molecule has 25 heavy (non-hydrogen) atoms. The molecule has 2 N–H and O–H groups in total. The van der Waals surface area contributed by atoms with Crippen molar-refractivity contribution in [3.63, 3.8) is 0 Å². The lowest BCUT2D eigenvalue weighted by Gasteiger charge is -2.03. The molecule has 0 rings (SSSR count). The highest BCUT2D eigenvalue weighted by Gasteiger charge is 1.97. The first-order valence-corrected chi connectivity index (χ1v) is 10.7. The summed E-state index contributed by atoms with van der Waals surface area (Å²) in [6.07, 6.45) is 20.2. The van der Waals surface area contributed by atoms with Crippen molar-refractivity contribution in [1.29, 1.82) is 0 Å². The van der Waals surface area contributed by atoms with Gasteiger partial charge in [0.15, 0.2) is 0 Å². The van der Waals surface area contributed by atoms with Crippen molar-refractivity contribution < 1.29 is 15.0 Å². The van der Waals surface area contributed by atoms with E-state index >= 15 is 0 Å². The number of unbranched alkanes of at least 4 members (excludes halogenated alkanes) is 14. The molecule has 0 heterocycles. The second kappa shape index (κ2) is 23.4. The Morgan fingerprint density at radius 2 is 1.04 bits per heavy atom. The van der Waals surface area contributed by atoms with Crippen LogP contribution < -0.4 is 0 Å². The number of hydrogen-bond acceptors (Lipinski definition) is 2. The van der Waals surface area contributed by atoms with E-state index in [4.69, 9.17) is 10.2 Å². The van der Waals surface area contributed by atoms with Crippen LogP contribution in [0.4, 0.5) is 0 Å². The van der Waals surface area contributed by atoms with Gasteiger partial charge in [-0.05, 0) is 19.3 Å². The van der Waals surface area contributed by atoms with Crippen LogP contribution in [0.3, 0.4) is 0 Å². The van der Waals surface area contributed by atoms with Crippen molar-refractivity contribution in [2.24, 2.45) is 5.92 Å². The molecule has 0 aromatic heterocycles. The molecule has 1 radical (unpaired) electrons. The van der Waals surface area contributed by atoms with Crippen LogP contribution in [0, 0.1) is 12.8 Å². The number of hydrogen-bond donors (Lipinski definition) is 2. The summed E-state index contributed by atoms with van der Waals surface area (Å²) in [7, 11) is 0. The van der Waals surface area contributed by atoms with Gasteiger partial charge in [-0.1, -0.05) is 104 Å².